The summed E-state index contributed by atoms with van der Waals surface area (Å²) in [6.07, 6.45) is 5.98. The number of anilines is 1. The Kier molecular flexibility index (Phi) is 4.22. The fourth-order valence-electron chi connectivity index (χ4n) is 2.61. The molecule has 18 heavy (non-hydrogen) atoms. The number of nitro groups is 1. The summed E-state index contributed by atoms with van der Waals surface area (Å²) in [5, 5.41) is 11.1. The maximum Gasteiger partial charge on any atom is 0.293 e. The van der Waals surface area contributed by atoms with E-state index in [0.717, 1.165) is 23.0 Å². The second-order valence-electron chi connectivity index (χ2n) is 4.79. The van der Waals surface area contributed by atoms with Gasteiger partial charge in [-0.3, -0.25) is 10.1 Å². The first-order valence-electron chi connectivity index (χ1n) is 6.26. The van der Waals surface area contributed by atoms with Gasteiger partial charge in [0.15, 0.2) is 0 Å². The summed E-state index contributed by atoms with van der Waals surface area (Å²) in [6, 6.07) is 5.70. The summed E-state index contributed by atoms with van der Waals surface area (Å²) < 4.78 is 0.745. The predicted molar refractivity (Wildman–Crippen MR) is 76.1 cm³/mol. The second-order valence-corrected chi connectivity index (χ2v) is 5.71. The Morgan fingerprint density at radius 2 is 2.00 bits per heavy atom. The number of rotatable bonds is 3. The van der Waals surface area contributed by atoms with Gasteiger partial charge in [-0.2, -0.15) is 0 Å². The molecule has 0 atom stereocenters. The molecule has 1 aliphatic rings. The van der Waals surface area contributed by atoms with E-state index in [-0.39, 0.29) is 10.6 Å². The molecule has 1 saturated carbocycles. The molecule has 4 nitrogen and oxygen atoms in total. The van der Waals surface area contributed by atoms with Crippen molar-refractivity contribution in [2.75, 3.05) is 11.9 Å². The molecule has 0 amide bonds. The number of hydrogen-bond donors (Lipinski definition) is 0. The van der Waals surface area contributed by atoms with Gasteiger partial charge in [0, 0.05) is 23.6 Å². The van der Waals surface area contributed by atoms with Crippen molar-refractivity contribution >= 4 is 27.3 Å². The zero-order chi connectivity index (χ0) is 13.1. The lowest BCUT2D eigenvalue weighted by atomic mass is 9.94. The third-order valence-corrected chi connectivity index (χ3v) is 4.13. The fourth-order valence-corrected chi connectivity index (χ4v) is 2.96. The SMILES string of the molecule is CN(c1ccc(Br)cc1[N+](=O)[O-])C1CCCCC1. The van der Waals surface area contributed by atoms with Crippen molar-refractivity contribution in [3.8, 4) is 0 Å². The maximum absolute atomic E-state index is 11.1. The van der Waals surface area contributed by atoms with E-state index in [1.54, 1.807) is 6.07 Å². The predicted octanol–water partition coefficient (Wildman–Crippen LogP) is 4.13. The average Bonchev–Trinajstić information content (AvgIpc) is 2.39. The van der Waals surface area contributed by atoms with Crippen molar-refractivity contribution in [3.63, 3.8) is 0 Å². The molecular formula is C13H17BrN2O2. The molecule has 0 heterocycles. The summed E-state index contributed by atoms with van der Waals surface area (Å²) in [4.78, 5) is 12.9. The first-order chi connectivity index (χ1) is 8.59. The van der Waals surface area contributed by atoms with Crippen LogP contribution in [0, 0.1) is 10.1 Å². The van der Waals surface area contributed by atoms with E-state index in [2.05, 4.69) is 20.8 Å². The van der Waals surface area contributed by atoms with Gasteiger partial charge >= 0.3 is 0 Å². The molecule has 1 fully saturated rings. The molecule has 1 aromatic carbocycles. The van der Waals surface area contributed by atoms with Gasteiger partial charge in [-0.25, -0.2) is 0 Å². The van der Waals surface area contributed by atoms with E-state index in [1.165, 1.54) is 19.3 Å². The van der Waals surface area contributed by atoms with Crippen molar-refractivity contribution in [1.29, 1.82) is 0 Å². The minimum Gasteiger partial charge on any atom is -0.366 e. The number of benzene rings is 1. The van der Waals surface area contributed by atoms with Gasteiger partial charge in [0.25, 0.3) is 5.69 Å². The Balaban J connectivity index is 2.28. The van der Waals surface area contributed by atoms with E-state index in [4.69, 9.17) is 0 Å². The molecule has 98 valence electrons. The lowest BCUT2D eigenvalue weighted by Gasteiger charge is -2.32. The fraction of sp³-hybridized carbons (Fsp3) is 0.538. The monoisotopic (exact) mass is 312 g/mol. The van der Waals surface area contributed by atoms with Crippen molar-refractivity contribution < 1.29 is 4.92 Å². The van der Waals surface area contributed by atoms with E-state index >= 15 is 0 Å². The highest BCUT2D eigenvalue weighted by Gasteiger charge is 2.24. The van der Waals surface area contributed by atoms with E-state index in [0.29, 0.717) is 6.04 Å². The van der Waals surface area contributed by atoms with Crippen LogP contribution >= 0.6 is 15.9 Å². The Hall–Kier alpha value is -1.10. The smallest absolute Gasteiger partial charge is 0.293 e. The van der Waals surface area contributed by atoms with Gasteiger partial charge in [0.1, 0.15) is 5.69 Å². The highest BCUT2D eigenvalue weighted by atomic mass is 79.9. The van der Waals surface area contributed by atoms with E-state index in [9.17, 15) is 10.1 Å². The first-order valence-corrected chi connectivity index (χ1v) is 7.05. The van der Waals surface area contributed by atoms with Gasteiger partial charge in [0.05, 0.1) is 4.92 Å². The van der Waals surface area contributed by atoms with Crippen molar-refractivity contribution in [1.82, 2.24) is 0 Å². The van der Waals surface area contributed by atoms with Crippen LogP contribution in [0.4, 0.5) is 11.4 Å². The maximum atomic E-state index is 11.1. The number of hydrogen-bond acceptors (Lipinski definition) is 3. The molecule has 1 aromatic rings. The van der Waals surface area contributed by atoms with E-state index < -0.39 is 0 Å². The minimum atomic E-state index is -0.306. The van der Waals surface area contributed by atoms with Gasteiger partial charge in [-0.05, 0) is 25.0 Å². The summed E-state index contributed by atoms with van der Waals surface area (Å²) in [5.41, 5.74) is 0.896. The standard InChI is InChI=1S/C13H17BrN2O2/c1-15(11-5-3-2-4-6-11)12-8-7-10(14)9-13(12)16(17)18/h7-9,11H,2-6H2,1H3. The average molecular weight is 313 g/mol. The molecule has 0 bridgehead atoms. The summed E-state index contributed by atoms with van der Waals surface area (Å²) in [6.45, 7) is 0. The molecule has 0 N–H and O–H groups in total. The molecule has 0 unspecified atom stereocenters. The molecule has 5 heteroatoms. The largest absolute Gasteiger partial charge is 0.366 e. The molecule has 0 spiro atoms. The zero-order valence-corrected chi connectivity index (χ0v) is 12.0. The minimum absolute atomic E-state index is 0.178. The van der Waals surface area contributed by atoms with Crippen LogP contribution in [0.3, 0.4) is 0 Å². The van der Waals surface area contributed by atoms with Crippen molar-refractivity contribution in [2.24, 2.45) is 0 Å². The first kappa shape index (κ1) is 13.3. The van der Waals surface area contributed by atoms with Crippen LogP contribution in [0.2, 0.25) is 0 Å². The summed E-state index contributed by atoms with van der Waals surface area (Å²) in [7, 11) is 1.96. The molecule has 0 aliphatic heterocycles. The van der Waals surface area contributed by atoms with Crippen molar-refractivity contribution in [3.05, 3.63) is 32.8 Å². The molecule has 1 aliphatic carbocycles. The third-order valence-electron chi connectivity index (χ3n) is 3.64. The van der Waals surface area contributed by atoms with Crippen LogP contribution in [-0.2, 0) is 0 Å². The van der Waals surface area contributed by atoms with Crippen LogP contribution in [0.15, 0.2) is 22.7 Å². The molecule has 0 radical (unpaired) electrons. The topological polar surface area (TPSA) is 46.4 Å². The van der Waals surface area contributed by atoms with Crippen LogP contribution in [0.5, 0.6) is 0 Å². The van der Waals surface area contributed by atoms with Gasteiger partial charge in [-0.15, -0.1) is 0 Å². The highest BCUT2D eigenvalue weighted by Crippen LogP contribution is 2.34. The van der Waals surface area contributed by atoms with E-state index in [1.807, 2.05) is 19.2 Å². The number of nitro benzene ring substituents is 1. The second kappa shape index (κ2) is 5.69. The highest BCUT2D eigenvalue weighted by molar-refractivity contribution is 9.10. The summed E-state index contributed by atoms with van der Waals surface area (Å²) >= 11 is 3.29. The van der Waals surface area contributed by atoms with Crippen LogP contribution in [0.25, 0.3) is 0 Å². The normalized spacial score (nSPS) is 16.6. The summed E-state index contributed by atoms with van der Waals surface area (Å²) in [5.74, 6) is 0. The van der Waals surface area contributed by atoms with Crippen LogP contribution < -0.4 is 4.90 Å². The molecule has 0 aromatic heterocycles. The zero-order valence-electron chi connectivity index (χ0n) is 10.4. The van der Waals surface area contributed by atoms with Crippen LogP contribution in [0.1, 0.15) is 32.1 Å². The Labute approximate surface area is 115 Å². The molecule has 0 saturated heterocycles. The molecular weight excluding hydrogens is 296 g/mol. The van der Waals surface area contributed by atoms with Crippen molar-refractivity contribution in [2.45, 2.75) is 38.1 Å². The van der Waals surface area contributed by atoms with Gasteiger partial charge in [0.2, 0.25) is 0 Å². The number of nitrogens with zero attached hydrogens (tertiary/aromatic N) is 2. The third kappa shape index (κ3) is 2.83. The molecule has 2 rings (SSSR count). The van der Waals surface area contributed by atoms with Crippen LogP contribution in [-0.4, -0.2) is 18.0 Å². The lowest BCUT2D eigenvalue weighted by molar-refractivity contribution is -0.384. The van der Waals surface area contributed by atoms with Gasteiger partial charge in [-0.1, -0.05) is 35.2 Å². The lowest BCUT2D eigenvalue weighted by Crippen LogP contribution is -2.33. The quantitative estimate of drug-likeness (QED) is 0.623. The Morgan fingerprint density at radius 1 is 1.33 bits per heavy atom. The number of halogens is 1. The Bertz CT molecular complexity index is 445. The van der Waals surface area contributed by atoms with Gasteiger partial charge < -0.3 is 4.90 Å². The Morgan fingerprint density at radius 3 is 2.61 bits per heavy atom.